The summed E-state index contributed by atoms with van der Waals surface area (Å²) in [5.41, 5.74) is -0.424. The fraction of sp³-hybridized carbons (Fsp3) is 0.818. The lowest BCUT2D eigenvalue weighted by Gasteiger charge is -2.25. The Labute approximate surface area is 83.8 Å². The maximum atomic E-state index is 11.8. The van der Waals surface area contributed by atoms with Crippen LogP contribution in [-0.4, -0.2) is 18.4 Å². The second-order valence-electron chi connectivity index (χ2n) is 4.29. The number of ether oxygens (including phenoxy) is 1. The van der Waals surface area contributed by atoms with Gasteiger partial charge in [0.1, 0.15) is 5.78 Å². The van der Waals surface area contributed by atoms with Crippen LogP contribution >= 0.6 is 0 Å². The smallest absolute Gasteiger partial charge is 0.312 e. The molecule has 3 heteroatoms. The maximum Gasteiger partial charge on any atom is 0.312 e. The Kier molecular flexibility index (Phi) is 2.33. The average Bonchev–Trinajstić information content (AvgIpc) is 2.69. The van der Waals surface area contributed by atoms with Crippen LogP contribution in [0.5, 0.6) is 0 Å². The topological polar surface area (TPSA) is 43.4 Å². The number of carbonyl (C=O) groups is 2. The predicted molar refractivity (Wildman–Crippen MR) is 50.6 cm³/mol. The zero-order valence-electron chi connectivity index (χ0n) is 8.54. The van der Waals surface area contributed by atoms with Crippen molar-refractivity contribution < 1.29 is 14.3 Å². The molecular weight excluding hydrogens is 180 g/mol. The lowest BCUT2D eigenvalue weighted by molar-refractivity contribution is -0.157. The first-order valence-corrected chi connectivity index (χ1v) is 5.40. The third-order valence-electron chi connectivity index (χ3n) is 3.67. The summed E-state index contributed by atoms with van der Waals surface area (Å²) in [6, 6.07) is 0. The Morgan fingerprint density at radius 2 is 2.36 bits per heavy atom. The first kappa shape index (κ1) is 9.69. The number of hydrogen-bond acceptors (Lipinski definition) is 3. The molecule has 0 aromatic carbocycles. The van der Waals surface area contributed by atoms with Crippen LogP contribution < -0.4 is 0 Å². The van der Waals surface area contributed by atoms with Crippen LogP contribution in [0, 0.1) is 11.3 Å². The molecule has 0 heterocycles. The van der Waals surface area contributed by atoms with Crippen molar-refractivity contribution in [2.45, 2.75) is 39.0 Å². The van der Waals surface area contributed by atoms with Crippen LogP contribution in [0.4, 0.5) is 0 Å². The number of carbonyl (C=O) groups excluding carboxylic acids is 2. The molecular formula is C11H16O3. The van der Waals surface area contributed by atoms with Gasteiger partial charge in [-0.1, -0.05) is 6.42 Å². The standard InChI is InChI=1S/C11H16O3/c1-2-14-10(13)11-6-3-4-8(11)9(12)5-7-11/h8H,2-7H2,1H3. The number of esters is 1. The fourth-order valence-corrected chi connectivity index (χ4v) is 2.98. The van der Waals surface area contributed by atoms with Gasteiger partial charge >= 0.3 is 5.97 Å². The minimum Gasteiger partial charge on any atom is -0.466 e. The lowest BCUT2D eigenvalue weighted by Crippen LogP contribution is -2.34. The second-order valence-corrected chi connectivity index (χ2v) is 4.29. The van der Waals surface area contributed by atoms with E-state index in [1.54, 1.807) is 0 Å². The molecule has 0 radical (unpaired) electrons. The molecule has 0 spiro atoms. The van der Waals surface area contributed by atoms with Crippen molar-refractivity contribution in [1.82, 2.24) is 0 Å². The third kappa shape index (κ3) is 1.18. The summed E-state index contributed by atoms with van der Waals surface area (Å²) in [6.07, 6.45) is 4.02. The van der Waals surface area contributed by atoms with Crippen molar-refractivity contribution in [3.63, 3.8) is 0 Å². The Bertz CT molecular complexity index is 272. The van der Waals surface area contributed by atoms with Gasteiger partial charge in [0.2, 0.25) is 0 Å². The van der Waals surface area contributed by atoms with E-state index in [0.29, 0.717) is 13.0 Å². The zero-order chi connectivity index (χ0) is 10.2. The van der Waals surface area contributed by atoms with Crippen molar-refractivity contribution in [1.29, 1.82) is 0 Å². The monoisotopic (exact) mass is 196 g/mol. The predicted octanol–water partition coefficient (Wildman–Crippen LogP) is 1.70. The van der Waals surface area contributed by atoms with Gasteiger partial charge in [-0.3, -0.25) is 9.59 Å². The molecule has 14 heavy (non-hydrogen) atoms. The van der Waals surface area contributed by atoms with Crippen LogP contribution in [0.1, 0.15) is 39.0 Å². The zero-order valence-corrected chi connectivity index (χ0v) is 8.54. The summed E-state index contributed by atoms with van der Waals surface area (Å²) in [4.78, 5) is 23.4. The largest absolute Gasteiger partial charge is 0.466 e. The Balaban J connectivity index is 2.21. The molecule has 0 bridgehead atoms. The second kappa shape index (κ2) is 3.37. The molecule has 2 atom stereocenters. The Morgan fingerprint density at radius 1 is 1.57 bits per heavy atom. The molecule has 2 rings (SSSR count). The van der Waals surface area contributed by atoms with Crippen molar-refractivity contribution in [2.24, 2.45) is 11.3 Å². The average molecular weight is 196 g/mol. The van der Waals surface area contributed by atoms with Crippen molar-refractivity contribution >= 4 is 11.8 Å². The number of hydrogen-bond donors (Lipinski definition) is 0. The molecule has 3 nitrogen and oxygen atoms in total. The quantitative estimate of drug-likeness (QED) is 0.631. The van der Waals surface area contributed by atoms with Crippen molar-refractivity contribution in [3.8, 4) is 0 Å². The SMILES string of the molecule is CCOC(=O)C12CCCC1C(=O)CC2. The molecule has 2 fully saturated rings. The van der Waals surface area contributed by atoms with E-state index in [1.807, 2.05) is 6.92 Å². The van der Waals surface area contributed by atoms with Gasteiger partial charge in [-0.25, -0.2) is 0 Å². The van der Waals surface area contributed by atoms with Gasteiger partial charge in [0.15, 0.2) is 0 Å². The summed E-state index contributed by atoms with van der Waals surface area (Å²) < 4.78 is 5.09. The number of fused-ring (bicyclic) bond motifs is 1. The van der Waals surface area contributed by atoms with E-state index >= 15 is 0 Å². The van der Waals surface area contributed by atoms with E-state index in [4.69, 9.17) is 4.74 Å². The van der Waals surface area contributed by atoms with Crippen LogP contribution in [0.15, 0.2) is 0 Å². The first-order chi connectivity index (χ1) is 6.70. The maximum absolute atomic E-state index is 11.8. The van der Waals surface area contributed by atoms with E-state index in [0.717, 1.165) is 25.7 Å². The van der Waals surface area contributed by atoms with E-state index in [-0.39, 0.29) is 17.7 Å². The van der Waals surface area contributed by atoms with Crippen LogP contribution in [0.2, 0.25) is 0 Å². The van der Waals surface area contributed by atoms with Crippen LogP contribution in [0.25, 0.3) is 0 Å². The van der Waals surface area contributed by atoms with Crippen LogP contribution in [-0.2, 0) is 14.3 Å². The molecule has 2 aliphatic rings. The Morgan fingerprint density at radius 3 is 3.07 bits per heavy atom. The highest BCUT2D eigenvalue weighted by atomic mass is 16.5. The normalized spacial score (nSPS) is 35.8. The summed E-state index contributed by atoms with van der Waals surface area (Å²) in [5, 5.41) is 0. The molecule has 2 aliphatic carbocycles. The van der Waals surface area contributed by atoms with Gasteiger partial charge in [0, 0.05) is 12.3 Å². The molecule has 0 aromatic heterocycles. The fourth-order valence-electron chi connectivity index (χ4n) is 2.98. The van der Waals surface area contributed by atoms with Crippen molar-refractivity contribution in [2.75, 3.05) is 6.61 Å². The van der Waals surface area contributed by atoms with Gasteiger partial charge in [0.25, 0.3) is 0 Å². The van der Waals surface area contributed by atoms with Gasteiger partial charge in [-0.15, -0.1) is 0 Å². The molecule has 0 aromatic rings. The molecule has 0 amide bonds. The molecule has 0 aliphatic heterocycles. The molecule has 2 saturated carbocycles. The summed E-state index contributed by atoms with van der Waals surface area (Å²) >= 11 is 0. The van der Waals surface area contributed by atoms with Crippen molar-refractivity contribution in [3.05, 3.63) is 0 Å². The molecule has 0 N–H and O–H groups in total. The highest BCUT2D eigenvalue weighted by molar-refractivity contribution is 5.93. The first-order valence-electron chi connectivity index (χ1n) is 5.40. The summed E-state index contributed by atoms with van der Waals surface area (Å²) in [6.45, 7) is 2.23. The highest BCUT2D eigenvalue weighted by Gasteiger charge is 2.56. The third-order valence-corrected chi connectivity index (χ3v) is 3.67. The van der Waals surface area contributed by atoms with E-state index in [1.165, 1.54) is 0 Å². The van der Waals surface area contributed by atoms with E-state index in [9.17, 15) is 9.59 Å². The lowest BCUT2D eigenvalue weighted by atomic mass is 9.80. The number of Topliss-reactive ketones (excluding diaryl/α,β-unsaturated/α-hetero) is 1. The minimum atomic E-state index is -0.424. The summed E-state index contributed by atoms with van der Waals surface area (Å²) in [7, 11) is 0. The van der Waals surface area contributed by atoms with Gasteiger partial charge in [-0.05, 0) is 26.2 Å². The highest BCUT2D eigenvalue weighted by Crippen LogP contribution is 2.53. The molecule has 2 unspecified atom stereocenters. The van der Waals surface area contributed by atoms with E-state index < -0.39 is 5.41 Å². The Hall–Kier alpha value is -0.860. The van der Waals surface area contributed by atoms with E-state index in [2.05, 4.69) is 0 Å². The number of ketones is 1. The van der Waals surface area contributed by atoms with Gasteiger partial charge in [-0.2, -0.15) is 0 Å². The molecule has 78 valence electrons. The minimum absolute atomic E-state index is 0.0263. The van der Waals surface area contributed by atoms with Crippen LogP contribution in [0.3, 0.4) is 0 Å². The molecule has 0 saturated heterocycles. The van der Waals surface area contributed by atoms with Gasteiger partial charge in [0.05, 0.1) is 12.0 Å². The summed E-state index contributed by atoms with van der Waals surface area (Å²) in [5.74, 6) is 0.116. The van der Waals surface area contributed by atoms with Gasteiger partial charge < -0.3 is 4.74 Å². The number of rotatable bonds is 2.